The van der Waals surface area contributed by atoms with E-state index in [-0.39, 0.29) is 5.91 Å². The highest BCUT2D eigenvalue weighted by Gasteiger charge is 2.07. The van der Waals surface area contributed by atoms with Crippen molar-refractivity contribution in [1.29, 1.82) is 0 Å². The number of aryl methyl sites for hydroxylation is 1. The van der Waals surface area contributed by atoms with Gasteiger partial charge in [0, 0.05) is 35.4 Å². The molecular weight excluding hydrogens is 392 g/mol. The Hall–Kier alpha value is -4.20. The van der Waals surface area contributed by atoms with Crippen LogP contribution in [0.25, 0.3) is 5.82 Å². The first kappa shape index (κ1) is 20.1. The number of aromatic nitrogens is 4. The third kappa shape index (κ3) is 4.87. The Bertz CT molecular complexity index is 1170. The SMILES string of the molecule is CCOc1ccc(C(=O)Nc2ccc(Nc3cc(-n4ccnc4C)ncn3)cc2)cc1. The van der Waals surface area contributed by atoms with E-state index in [0.29, 0.717) is 23.7 Å². The molecule has 0 fully saturated rings. The summed E-state index contributed by atoms with van der Waals surface area (Å²) in [6, 6.07) is 16.3. The van der Waals surface area contributed by atoms with Crippen molar-refractivity contribution in [3.63, 3.8) is 0 Å². The highest BCUT2D eigenvalue weighted by molar-refractivity contribution is 6.04. The number of anilines is 3. The third-order valence-electron chi connectivity index (χ3n) is 4.57. The van der Waals surface area contributed by atoms with E-state index in [2.05, 4.69) is 25.6 Å². The van der Waals surface area contributed by atoms with Crippen LogP contribution in [-0.4, -0.2) is 32.0 Å². The number of nitrogens with zero attached hydrogens (tertiary/aromatic N) is 4. The predicted molar refractivity (Wildman–Crippen MR) is 119 cm³/mol. The van der Waals surface area contributed by atoms with Crippen LogP contribution in [0.15, 0.2) is 73.3 Å². The minimum atomic E-state index is -0.181. The number of carbonyl (C=O) groups excluding carboxylic acids is 1. The molecule has 0 unspecified atom stereocenters. The molecule has 0 aliphatic heterocycles. The van der Waals surface area contributed by atoms with Gasteiger partial charge in [-0.1, -0.05) is 0 Å². The van der Waals surface area contributed by atoms with Crippen LogP contribution >= 0.6 is 0 Å². The maximum Gasteiger partial charge on any atom is 0.255 e. The lowest BCUT2D eigenvalue weighted by Crippen LogP contribution is -2.11. The summed E-state index contributed by atoms with van der Waals surface area (Å²) < 4.78 is 7.28. The Morgan fingerprint density at radius 3 is 2.42 bits per heavy atom. The van der Waals surface area contributed by atoms with Crippen LogP contribution in [0, 0.1) is 6.92 Å². The summed E-state index contributed by atoms with van der Waals surface area (Å²) in [6.45, 7) is 4.42. The van der Waals surface area contributed by atoms with E-state index in [9.17, 15) is 4.79 Å². The summed E-state index contributed by atoms with van der Waals surface area (Å²) in [5, 5.41) is 6.14. The van der Waals surface area contributed by atoms with E-state index < -0.39 is 0 Å². The molecule has 2 aromatic carbocycles. The molecule has 8 heteroatoms. The summed E-state index contributed by atoms with van der Waals surface area (Å²) in [5.74, 6) is 2.79. The van der Waals surface area contributed by atoms with Crippen molar-refractivity contribution in [1.82, 2.24) is 19.5 Å². The van der Waals surface area contributed by atoms with Crippen molar-refractivity contribution < 1.29 is 9.53 Å². The molecule has 4 aromatic rings. The number of ether oxygens (including phenoxy) is 1. The van der Waals surface area contributed by atoms with Crippen molar-refractivity contribution in [3.05, 3.63) is 84.7 Å². The highest BCUT2D eigenvalue weighted by Crippen LogP contribution is 2.20. The number of rotatable bonds is 7. The molecule has 156 valence electrons. The zero-order valence-electron chi connectivity index (χ0n) is 17.2. The van der Waals surface area contributed by atoms with E-state index in [1.807, 2.05) is 54.9 Å². The van der Waals surface area contributed by atoms with Crippen LogP contribution in [0.1, 0.15) is 23.1 Å². The Balaban J connectivity index is 1.40. The monoisotopic (exact) mass is 414 g/mol. The van der Waals surface area contributed by atoms with E-state index in [1.165, 1.54) is 6.33 Å². The van der Waals surface area contributed by atoms with Gasteiger partial charge in [0.15, 0.2) is 0 Å². The van der Waals surface area contributed by atoms with Gasteiger partial charge < -0.3 is 15.4 Å². The zero-order valence-corrected chi connectivity index (χ0v) is 17.2. The molecule has 1 amide bonds. The third-order valence-corrected chi connectivity index (χ3v) is 4.57. The molecule has 0 radical (unpaired) electrons. The Morgan fingerprint density at radius 2 is 1.74 bits per heavy atom. The average Bonchev–Trinajstić information content (AvgIpc) is 3.22. The Labute approximate surface area is 180 Å². The first-order valence-electron chi connectivity index (χ1n) is 9.86. The molecule has 0 spiro atoms. The molecule has 31 heavy (non-hydrogen) atoms. The average molecular weight is 414 g/mol. The molecular formula is C23H22N6O2. The molecule has 8 nitrogen and oxygen atoms in total. The summed E-state index contributed by atoms with van der Waals surface area (Å²) in [6.07, 6.45) is 5.08. The summed E-state index contributed by atoms with van der Waals surface area (Å²) >= 11 is 0. The second kappa shape index (κ2) is 9.08. The first-order chi connectivity index (χ1) is 15.1. The van der Waals surface area contributed by atoms with Gasteiger partial charge in [-0.2, -0.15) is 0 Å². The molecule has 2 heterocycles. The van der Waals surface area contributed by atoms with Gasteiger partial charge in [-0.15, -0.1) is 0 Å². The molecule has 0 bridgehead atoms. The lowest BCUT2D eigenvalue weighted by molar-refractivity contribution is 0.102. The van der Waals surface area contributed by atoms with Crippen molar-refractivity contribution in [2.45, 2.75) is 13.8 Å². The quantitative estimate of drug-likeness (QED) is 0.467. The molecule has 0 aliphatic carbocycles. The molecule has 2 N–H and O–H groups in total. The maximum atomic E-state index is 12.4. The summed E-state index contributed by atoms with van der Waals surface area (Å²) in [4.78, 5) is 25.2. The van der Waals surface area contributed by atoms with Crippen molar-refractivity contribution >= 4 is 23.1 Å². The van der Waals surface area contributed by atoms with Gasteiger partial charge in [-0.25, -0.2) is 15.0 Å². The number of hydrogen-bond donors (Lipinski definition) is 2. The predicted octanol–water partition coefficient (Wildman–Crippen LogP) is 4.37. The molecule has 0 aliphatic rings. The molecule has 0 saturated heterocycles. The fraction of sp³-hybridized carbons (Fsp3) is 0.130. The molecule has 0 atom stereocenters. The number of benzene rings is 2. The van der Waals surface area contributed by atoms with Gasteiger partial charge in [0.1, 0.15) is 29.5 Å². The van der Waals surface area contributed by atoms with E-state index >= 15 is 0 Å². The van der Waals surface area contributed by atoms with Gasteiger partial charge in [-0.3, -0.25) is 9.36 Å². The minimum absolute atomic E-state index is 0.181. The van der Waals surface area contributed by atoms with Crippen LogP contribution in [0.3, 0.4) is 0 Å². The first-order valence-corrected chi connectivity index (χ1v) is 9.86. The number of carbonyl (C=O) groups is 1. The Morgan fingerprint density at radius 1 is 1.00 bits per heavy atom. The normalized spacial score (nSPS) is 10.5. The van der Waals surface area contributed by atoms with Gasteiger partial charge >= 0.3 is 0 Å². The summed E-state index contributed by atoms with van der Waals surface area (Å²) in [7, 11) is 0. The molecule has 2 aromatic heterocycles. The number of hydrogen-bond acceptors (Lipinski definition) is 6. The van der Waals surface area contributed by atoms with Gasteiger partial charge in [0.05, 0.1) is 6.61 Å². The smallest absolute Gasteiger partial charge is 0.255 e. The lowest BCUT2D eigenvalue weighted by Gasteiger charge is -2.10. The highest BCUT2D eigenvalue weighted by atomic mass is 16.5. The number of imidazole rings is 1. The van der Waals surface area contributed by atoms with Crippen LogP contribution < -0.4 is 15.4 Å². The van der Waals surface area contributed by atoms with Crippen molar-refractivity contribution in [3.8, 4) is 11.6 Å². The van der Waals surface area contributed by atoms with E-state index in [4.69, 9.17) is 4.74 Å². The minimum Gasteiger partial charge on any atom is -0.494 e. The fourth-order valence-electron chi connectivity index (χ4n) is 3.02. The molecule has 4 rings (SSSR count). The van der Waals surface area contributed by atoms with Crippen molar-refractivity contribution in [2.24, 2.45) is 0 Å². The van der Waals surface area contributed by atoms with Gasteiger partial charge in [-0.05, 0) is 62.4 Å². The van der Waals surface area contributed by atoms with Crippen LogP contribution in [0.4, 0.5) is 17.2 Å². The summed E-state index contributed by atoms with van der Waals surface area (Å²) in [5.41, 5.74) is 2.10. The topological polar surface area (TPSA) is 94.0 Å². The number of nitrogens with one attached hydrogen (secondary N) is 2. The second-order valence-electron chi connectivity index (χ2n) is 6.72. The lowest BCUT2D eigenvalue weighted by atomic mass is 10.2. The zero-order chi connectivity index (χ0) is 21.6. The Kier molecular flexibility index (Phi) is 5.89. The van der Waals surface area contributed by atoms with Gasteiger partial charge in [0.25, 0.3) is 5.91 Å². The van der Waals surface area contributed by atoms with Crippen LogP contribution in [0.2, 0.25) is 0 Å². The van der Waals surface area contributed by atoms with Gasteiger partial charge in [0.2, 0.25) is 0 Å². The fourth-order valence-corrected chi connectivity index (χ4v) is 3.02. The van der Waals surface area contributed by atoms with Crippen molar-refractivity contribution in [2.75, 3.05) is 17.2 Å². The van der Waals surface area contributed by atoms with E-state index in [1.54, 1.807) is 30.5 Å². The number of amides is 1. The molecule has 0 saturated carbocycles. The largest absolute Gasteiger partial charge is 0.494 e. The maximum absolute atomic E-state index is 12.4. The van der Waals surface area contributed by atoms with Crippen LogP contribution in [0.5, 0.6) is 5.75 Å². The standard InChI is InChI=1S/C23H22N6O2/c1-3-31-20-10-4-17(5-11-20)23(30)28-19-8-6-18(7-9-19)27-21-14-22(26-15-25-21)29-13-12-24-16(29)2/h4-15H,3H2,1-2H3,(H,28,30)(H,25,26,27). The second-order valence-corrected chi connectivity index (χ2v) is 6.72. The van der Waals surface area contributed by atoms with E-state index in [0.717, 1.165) is 23.1 Å². The van der Waals surface area contributed by atoms with Crippen LogP contribution in [-0.2, 0) is 0 Å².